The van der Waals surface area contributed by atoms with Gasteiger partial charge in [-0.25, -0.2) is 4.99 Å². The number of rotatable bonds is 3. The number of hydrogen-bond donors (Lipinski definition) is 1. The molecule has 1 atom stereocenters. The van der Waals surface area contributed by atoms with Crippen LogP contribution >= 0.6 is 15.9 Å². The van der Waals surface area contributed by atoms with Crippen LogP contribution in [0.15, 0.2) is 58.0 Å². The van der Waals surface area contributed by atoms with Crippen LogP contribution in [-0.4, -0.2) is 30.9 Å². The van der Waals surface area contributed by atoms with Crippen molar-refractivity contribution in [3.63, 3.8) is 0 Å². The van der Waals surface area contributed by atoms with Crippen LogP contribution in [0.4, 0.5) is 0 Å². The van der Waals surface area contributed by atoms with Gasteiger partial charge in [0.05, 0.1) is 7.11 Å². The van der Waals surface area contributed by atoms with Gasteiger partial charge in [-0.15, -0.1) is 0 Å². The number of guanidine groups is 1. The van der Waals surface area contributed by atoms with Crippen LogP contribution in [0.3, 0.4) is 0 Å². The second-order valence-corrected chi connectivity index (χ2v) is 6.20. The van der Waals surface area contributed by atoms with E-state index >= 15 is 0 Å². The highest BCUT2D eigenvalue weighted by Crippen LogP contribution is 2.40. The first-order valence-electron chi connectivity index (χ1n) is 7.03. The van der Waals surface area contributed by atoms with Crippen molar-refractivity contribution in [2.24, 2.45) is 10.7 Å². The summed E-state index contributed by atoms with van der Waals surface area (Å²) in [6, 6.07) is 14.9. The summed E-state index contributed by atoms with van der Waals surface area (Å²) in [7, 11) is 3.23. The van der Waals surface area contributed by atoms with E-state index in [4.69, 9.17) is 10.5 Å². The molecule has 2 aromatic carbocycles. The highest BCUT2D eigenvalue weighted by atomic mass is 79.9. The summed E-state index contributed by atoms with van der Waals surface area (Å²) in [5.74, 6) is 0.734. The van der Waals surface area contributed by atoms with Gasteiger partial charge in [0.1, 0.15) is 5.75 Å². The molecule has 23 heavy (non-hydrogen) atoms. The molecular weight excluding hydrogens is 358 g/mol. The Morgan fingerprint density at radius 2 is 1.87 bits per heavy atom. The highest BCUT2D eigenvalue weighted by Gasteiger charge is 2.49. The van der Waals surface area contributed by atoms with Crippen molar-refractivity contribution in [3.8, 4) is 5.75 Å². The van der Waals surface area contributed by atoms with E-state index in [0.29, 0.717) is 5.75 Å². The number of ether oxygens (including phenoxy) is 1. The summed E-state index contributed by atoms with van der Waals surface area (Å²) in [4.78, 5) is 18.9. The molecule has 1 heterocycles. The fourth-order valence-electron chi connectivity index (χ4n) is 2.73. The quantitative estimate of drug-likeness (QED) is 0.898. The molecule has 0 saturated carbocycles. The normalized spacial score (nSPS) is 20.6. The second-order valence-electron chi connectivity index (χ2n) is 5.28. The van der Waals surface area contributed by atoms with E-state index in [1.54, 1.807) is 14.2 Å². The van der Waals surface area contributed by atoms with E-state index in [2.05, 4.69) is 20.9 Å². The minimum absolute atomic E-state index is 0.182. The number of hydrogen-bond acceptors (Lipinski definition) is 4. The van der Waals surface area contributed by atoms with Crippen LogP contribution in [0.2, 0.25) is 0 Å². The summed E-state index contributed by atoms with van der Waals surface area (Å²) in [5.41, 5.74) is 6.26. The first-order chi connectivity index (χ1) is 11.0. The molecule has 0 aliphatic carbocycles. The Hall–Kier alpha value is -2.34. The van der Waals surface area contributed by atoms with Gasteiger partial charge in [0, 0.05) is 11.5 Å². The molecule has 2 N–H and O–H groups in total. The predicted molar refractivity (Wildman–Crippen MR) is 92.3 cm³/mol. The molecule has 0 spiro atoms. The predicted octanol–water partition coefficient (Wildman–Crippen LogP) is 2.49. The number of carbonyl (C=O) groups is 1. The molecule has 1 aliphatic rings. The van der Waals surface area contributed by atoms with Gasteiger partial charge in [-0.05, 0) is 35.4 Å². The Morgan fingerprint density at radius 1 is 1.17 bits per heavy atom. The smallest absolute Gasteiger partial charge is 0.266 e. The van der Waals surface area contributed by atoms with Crippen molar-refractivity contribution < 1.29 is 9.53 Å². The highest BCUT2D eigenvalue weighted by molar-refractivity contribution is 9.10. The monoisotopic (exact) mass is 373 g/mol. The van der Waals surface area contributed by atoms with Gasteiger partial charge in [-0.2, -0.15) is 0 Å². The molecule has 0 bridgehead atoms. The lowest BCUT2D eigenvalue weighted by Gasteiger charge is -2.26. The van der Waals surface area contributed by atoms with Crippen molar-refractivity contribution in [1.29, 1.82) is 0 Å². The third-order valence-corrected chi connectivity index (χ3v) is 4.48. The fourth-order valence-corrected chi connectivity index (χ4v) is 3.13. The second kappa shape index (κ2) is 5.70. The lowest BCUT2D eigenvalue weighted by atomic mass is 9.83. The summed E-state index contributed by atoms with van der Waals surface area (Å²) >= 11 is 3.45. The first kappa shape index (κ1) is 15.6. The van der Waals surface area contributed by atoms with Crippen LogP contribution in [0, 0.1) is 0 Å². The average Bonchev–Trinajstić information content (AvgIpc) is 2.80. The standard InChI is InChI=1S/C17H16BrN3O2/c1-21-15(22)17(20-16(21)19,12-4-3-5-13(18)10-12)11-6-8-14(23-2)9-7-11/h3-10H,1-2H3,(H2,19,20). The Morgan fingerprint density at radius 3 is 2.39 bits per heavy atom. The molecule has 0 saturated heterocycles. The number of nitrogens with two attached hydrogens (primary N) is 1. The maximum Gasteiger partial charge on any atom is 0.266 e. The zero-order valence-electron chi connectivity index (χ0n) is 12.8. The number of methoxy groups -OCH3 is 1. The molecule has 1 aliphatic heterocycles. The molecule has 6 heteroatoms. The number of amides is 1. The first-order valence-corrected chi connectivity index (χ1v) is 7.82. The number of benzene rings is 2. The van der Waals surface area contributed by atoms with E-state index in [1.165, 1.54) is 4.90 Å². The SMILES string of the molecule is COc1ccc(C2(c3cccc(Br)c3)N=C(N)N(C)C2=O)cc1. The maximum atomic E-state index is 13.0. The number of carbonyl (C=O) groups excluding carboxylic acids is 1. The number of nitrogens with zero attached hydrogens (tertiary/aromatic N) is 2. The molecule has 0 radical (unpaired) electrons. The maximum absolute atomic E-state index is 13.0. The Bertz CT molecular complexity index is 789. The lowest BCUT2D eigenvalue weighted by molar-refractivity contribution is -0.129. The van der Waals surface area contributed by atoms with Gasteiger partial charge in [-0.1, -0.05) is 40.2 Å². The van der Waals surface area contributed by atoms with Gasteiger partial charge >= 0.3 is 0 Å². The van der Waals surface area contributed by atoms with Crippen molar-refractivity contribution >= 4 is 27.8 Å². The van der Waals surface area contributed by atoms with Gasteiger partial charge in [0.2, 0.25) is 0 Å². The minimum atomic E-state index is -1.17. The number of halogens is 1. The van der Waals surface area contributed by atoms with Gasteiger partial charge in [0.15, 0.2) is 11.5 Å². The Kier molecular flexibility index (Phi) is 3.85. The average molecular weight is 374 g/mol. The van der Waals surface area contributed by atoms with E-state index in [-0.39, 0.29) is 11.9 Å². The topological polar surface area (TPSA) is 67.9 Å². The van der Waals surface area contributed by atoms with Crippen molar-refractivity contribution in [2.45, 2.75) is 5.54 Å². The van der Waals surface area contributed by atoms with Crippen molar-refractivity contribution in [2.75, 3.05) is 14.2 Å². The molecule has 2 aromatic rings. The van der Waals surface area contributed by atoms with E-state index in [1.807, 2.05) is 48.5 Å². The van der Waals surface area contributed by atoms with E-state index in [0.717, 1.165) is 15.6 Å². The fraction of sp³-hybridized carbons (Fsp3) is 0.176. The zero-order chi connectivity index (χ0) is 16.6. The molecule has 118 valence electrons. The third-order valence-electron chi connectivity index (χ3n) is 3.99. The summed E-state index contributed by atoms with van der Waals surface area (Å²) < 4.78 is 6.07. The van der Waals surface area contributed by atoms with E-state index in [9.17, 15) is 4.79 Å². The van der Waals surface area contributed by atoms with Crippen molar-refractivity contribution in [3.05, 3.63) is 64.1 Å². The van der Waals surface area contributed by atoms with Crippen LogP contribution < -0.4 is 10.5 Å². The van der Waals surface area contributed by atoms with Crippen LogP contribution in [0.1, 0.15) is 11.1 Å². The minimum Gasteiger partial charge on any atom is -0.497 e. The molecule has 1 unspecified atom stereocenters. The lowest BCUT2D eigenvalue weighted by Crippen LogP contribution is -2.41. The Balaban J connectivity index is 2.24. The summed E-state index contributed by atoms with van der Waals surface area (Å²) in [5, 5.41) is 0. The van der Waals surface area contributed by atoms with E-state index < -0.39 is 5.54 Å². The summed E-state index contributed by atoms with van der Waals surface area (Å²) in [6.45, 7) is 0. The van der Waals surface area contributed by atoms with Crippen molar-refractivity contribution in [1.82, 2.24) is 4.90 Å². The van der Waals surface area contributed by atoms with Crippen LogP contribution in [0.5, 0.6) is 5.75 Å². The Labute approximate surface area is 142 Å². The molecular formula is C17H16BrN3O2. The molecule has 5 nitrogen and oxygen atoms in total. The number of likely N-dealkylation sites (N-methyl/N-ethyl adjacent to an activating group) is 1. The number of aliphatic imine (C=N–C) groups is 1. The van der Waals surface area contributed by atoms with Gasteiger partial charge in [0.25, 0.3) is 5.91 Å². The summed E-state index contributed by atoms with van der Waals surface area (Å²) in [6.07, 6.45) is 0. The van der Waals surface area contributed by atoms with Gasteiger partial charge in [-0.3, -0.25) is 9.69 Å². The molecule has 0 aromatic heterocycles. The molecule has 3 rings (SSSR count). The zero-order valence-corrected chi connectivity index (χ0v) is 14.4. The third kappa shape index (κ3) is 2.39. The van der Waals surface area contributed by atoms with Crippen LogP contribution in [0.25, 0.3) is 0 Å². The molecule has 0 fully saturated rings. The largest absolute Gasteiger partial charge is 0.497 e. The van der Waals surface area contributed by atoms with Gasteiger partial charge < -0.3 is 10.5 Å². The molecule has 1 amide bonds. The van der Waals surface area contributed by atoms with Crippen LogP contribution in [-0.2, 0) is 10.3 Å².